The molecule has 0 bridgehead atoms. The van der Waals surface area contributed by atoms with Gasteiger partial charge >= 0.3 is 0 Å². The number of likely N-dealkylation sites (N-methyl/N-ethyl adjacent to an activating group) is 1. The molecule has 1 aromatic heterocycles. The summed E-state index contributed by atoms with van der Waals surface area (Å²) in [6, 6.07) is 0.609. The van der Waals surface area contributed by atoms with E-state index in [1.807, 2.05) is 7.05 Å². The third kappa shape index (κ3) is 1.81. The molecule has 0 saturated carbocycles. The van der Waals surface area contributed by atoms with Crippen molar-refractivity contribution < 1.29 is 0 Å². The molecule has 1 aliphatic rings. The van der Waals surface area contributed by atoms with Crippen LogP contribution in [0.15, 0.2) is 5.51 Å². The van der Waals surface area contributed by atoms with Crippen LogP contribution in [0, 0.1) is 0 Å². The van der Waals surface area contributed by atoms with Crippen LogP contribution in [0.2, 0.25) is 0 Å². The Morgan fingerprint density at radius 3 is 3.38 bits per heavy atom. The molecule has 1 saturated heterocycles. The van der Waals surface area contributed by atoms with Gasteiger partial charge in [0.2, 0.25) is 5.13 Å². The number of nitrogens with one attached hydrogen (secondary N) is 1. The quantitative estimate of drug-likeness (QED) is 0.777. The van der Waals surface area contributed by atoms with Gasteiger partial charge in [-0.1, -0.05) is 11.3 Å². The first-order valence-electron chi connectivity index (χ1n) is 4.59. The Kier molecular flexibility index (Phi) is 2.75. The molecule has 1 unspecified atom stereocenters. The lowest BCUT2D eigenvalue weighted by Gasteiger charge is -2.22. The van der Waals surface area contributed by atoms with Crippen molar-refractivity contribution in [2.75, 3.05) is 25.0 Å². The molecule has 13 heavy (non-hydrogen) atoms. The Morgan fingerprint density at radius 1 is 1.77 bits per heavy atom. The molecule has 0 radical (unpaired) electrons. The second-order valence-electron chi connectivity index (χ2n) is 3.27. The highest BCUT2D eigenvalue weighted by atomic mass is 32.1. The van der Waals surface area contributed by atoms with E-state index in [4.69, 9.17) is 0 Å². The van der Waals surface area contributed by atoms with Crippen LogP contribution in [0.25, 0.3) is 0 Å². The highest BCUT2D eigenvalue weighted by Crippen LogP contribution is 2.25. The first-order valence-corrected chi connectivity index (χ1v) is 5.47. The van der Waals surface area contributed by atoms with Crippen molar-refractivity contribution in [1.29, 1.82) is 0 Å². The Labute approximate surface area is 82.0 Å². The van der Waals surface area contributed by atoms with Crippen LogP contribution in [0.4, 0.5) is 5.13 Å². The van der Waals surface area contributed by atoms with Gasteiger partial charge in [-0.15, -0.1) is 10.2 Å². The monoisotopic (exact) mass is 198 g/mol. The summed E-state index contributed by atoms with van der Waals surface area (Å²) in [6.45, 7) is 2.17. The first-order chi connectivity index (χ1) is 6.42. The van der Waals surface area contributed by atoms with Gasteiger partial charge in [0.05, 0.1) is 0 Å². The second-order valence-corrected chi connectivity index (χ2v) is 4.08. The van der Waals surface area contributed by atoms with Crippen LogP contribution in [-0.4, -0.2) is 36.4 Å². The average Bonchev–Trinajstić information content (AvgIpc) is 2.71. The Morgan fingerprint density at radius 2 is 2.69 bits per heavy atom. The molecule has 0 spiro atoms. The van der Waals surface area contributed by atoms with Crippen molar-refractivity contribution in [3.8, 4) is 0 Å². The fourth-order valence-electron chi connectivity index (χ4n) is 1.83. The lowest BCUT2D eigenvalue weighted by atomic mass is 10.2. The molecule has 1 N–H and O–H groups in total. The lowest BCUT2D eigenvalue weighted by molar-refractivity contribution is 0.613. The topological polar surface area (TPSA) is 41.0 Å². The molecular weight excluding hydrogens is 184 g/mol. The molecule has 2 heterocycles. The predicted molar refractivity (Wildman–Crippen MR) is 54.2 cm³/mol. The van der Waals surface area contributed by atoms with E-state index in [0.717, 1.165) is 18.2 Å². The number of hydrogen-bond acceptors (Lipinski definition) is 5. The minimum atomic E-state index is 0.609. The third-order valence-electron chi connectivity index (χ3n) is 2.41. The van der Waals surface area contributed by atoms with E-state index >= 15 is 0 Å². The predicted octanol–water partition coefficient (Wildman–Crippen LogP) is 0.726. The number of rotatable bonds is 3. The van der Waals surface area contributed by atoms with Gasteiger partial charge in [-0.3, -0.25) is 0 Å². The zero-order chi connectivity index (χ0) is 9.10. The Balaban J connectivity index is 2.05. The number of aromatic nitrogens is 2. The minimum Gasteiger partial charge on any atom is -0.342 e. The maximum absolute atomic E-state index is 4.10. The van der Waals surface area contributed by atoms with Crippen molar-refractivity contribution in [2.45, 2.75) is 18.9 Å². The summed E-state index contributed by atoms with van der Waals surface area (Å²) in [5.41, 5.74) is 1.80. The summed E-state index contributed by atoms with van der Waals surface area (Å²) in [6.07, 6.45) is 2.53. The van der Waals surface area contributed by atoms with E-state index in [1.54, 1.807) is 16.8 Å². The van der Waals surface area contributed by atoms with Gasteiger partial charge < -0.3 is 10.2 Å². The van der Waals surface area contributed by atoms with Gasteiger partial charge in [0.25, 0.3) is 0 Å². The lowest BCUT2D eigenvalue weighted by Crippen LogP contribution is -2.36. The highest BCUT2D eigenvalue weighted by Gasteiger charge is 2.25. The molecule has 1 fully saturated rings. The van der Waals surface area contributed by atoms with Crippen molar-refractivity contribution in [3.63, 3.8) is 0 Å². The third-order valence-corrected chi connectivity index (χ3v) is 3.14. The Bertz CT molecular complexity index is 249. The number of hydrogen-bond donors (Lipinski definition) is 1. The summed E-state index contributed by atoms with van der Waals surface area (Å²) in [5, 5.41) is 12.2. The van der Waals surface area contributed by atoms with Crippen LogP contribution in [-0.2, 0) is 0 Å². The van der Waals surface area contributed by atoms with E-state index in [2.05, 4.69) is 20.4 Å². The summed E-state index contributed by atoms with van der Waals surface area (Å²) in [4.78, 5) is 2.36. The first kappa shape index (κ1) is 8.90. The van der Waals surface area contributed by atoms with E-state index in [1.165, 1.54) is 12.8 Å². The zero-order valence-corrected chi connectivity index (χ0v) is 8.55. The van der Waals surface area contributed by atoms with Gasteiger partial charge in [0.15, 0.2) is 0 Å². The molecule has 4 nitrogen and oxygen atoms in total. The fourth-order valence-corrected chi connectivity index (χ4v) is 2.49. The summed E-state index contributed by atoms with van der Waals surface area (Å²) < 4.78 is 0. The van der Waals surface area contributed by atoms with Gasteiger partial charge in [0, 0.05) is 19.1 Å². The molecule has 0 aromatic carbocycles. The molecule has 1 aromatic rings. The number of anilines is 1. The van der Waals surface area contributed by atoms with Crippen LogP contribution < -0.4 is 10.2 Å². The van der Waals surface area contributed by atoms with Gasteiger partial charge in [-0.05, 0) is 19.9 Å². The Hall–Kier alpha value is -0.680. The largest absolute Gasteiger partial charge is 0.342 e. The summed E-state index contributed by atoms with van der Waals surface area (Å²) in [5.74, 6) is 0. The minimum absolute atomic E-state index is 0.609. The number of nitrogens with zero attached hydrogens (tertiary/aromatic N) is 3. The summed E-state index contributed by atoms with van der Waals surface area (Å²) in [7, 11) is 2.00. The highest BCUT2D eigenvalue weighted by molar-refractivity contribution is 7.13. The van der Waals surface area contributed by atoms with Crippen LogP contribution in [0.3, 0.4) is 0 Å². The van der Waals surface area contributed by atoms with Gasteiger partial charge in [-0.2, -0.15) is 0 Å². The molecule has 0 amide bonds. The van der Waals surface area contributed by atoms with Gasteiger partial charge in [-0.25, -0.2) is 0 Å². The van der Waals surface area contributed by atoms with Crippen LogP contribution in [0.1, 0.15) is 12.8 Å². The van der Waals surface area contributed by atoms with E-state index in [9.17, 15) is 0 Å². The van der Waals surface area contributed by atoms with Gasteiger partial charge in [0.1, 0.15) is 5.51 Å². The van der Waals surface area contributed by atoms with E-state index < -0.39 is 0 Å². The molecule has 72 valence electrons. The van der Waals surface area contributed by atoms with E-state index in [0.29, 0.717) is 6.04 Å². The molecule has 2 rings (SSSR count). The van der Waals surface area contributed by atoms with Crippen molar-refractivity contribution in [1.82, 2.24) is 15.5 Å². The van der Waals surface area contributed by atoms with Crippen molar-refractivity contribution in [2.24, 2.45) is 0 Å². The van der Waals surface area contributed by atoms with Crippen LogP contribution >= 0.6 is 11.3 Å². The molecule has 1 aliphatic heterocycles. The molecule has 0 aliphatic carbocycles. The normalized spacial score (nSPS) is 22.5. The smallest absolute Gasteiger partial charge is 0.208 e. The standard InChI is InChI=1S/C8H14N4S/c1-9-5-7-3-2-4-12(7)8-11-10-6-13-8/h6-7,9H,2-5H2,1H3. The molecular formula is C8H14N4S. The van der Waals surface area contributed by atoms with E-state index in [-0.39, 0.29) is 0 Å². The zero-order valence-electron chi connectivity index (χ0n) is 7.73. The SMILES string of the molecule is CNCC1CCCN1c1nncs1. The molecule has 1 atom stereocenters. The second kappa shape index (κ2) is 4.02. The maximum atomic E-state index is 4.10. The van der Waals surface area contributed by atoms with Crippen LogP contribution in [0.5, 0.6) is 0 Å². The van der Waals surface area contributed by atoms with Crippen molar-refractivity contribution >= 4 is 16.5 Å². The average molecular weight is 198 g/mol. The fraction of sp³-hybridized carbons (Fsp3) is 0.750. The maximum Gasteiger partial charge on any atom is 0.208 e. The molecule has 5 heteroatoms. The summed E-state index contributed by atoms with van der Waals surface area (Å²) >= 11 is 1.63. The van der Waals surface area contributed by atoms with Crippen molar-refractivity contribution in [3.05, 3.63) is 5.51 Å².